The summed E-state index contributed by atoms with van der Waals surface area (Å²) in [7, 11) is -2.28. The van der Waals surface area contributed by atoms with E-state index in [2.05, 4.69) is 4.98 Å². The van der Waals surface area contributed by atoms with Crippen molar-refractivity contribution in [2.24, 2.45) is 0 Å². The minimum Gasteiger partial charge on any atom is -0.406 e. The van der Waals surface area contributed by atoms with Crippen molar-refractivity contribution in [2.75, 3.05) is 0 Å². The van der Waals surface area contributed by atoms with E-state index in [1.807, 2.05) is 0 Å². The molecule has 1 aromatic rings. The third kappa shape index (κ3) is 3.15. The molecule has 0 saturated heterocycles. The van der Waals surface area contributed by atoms with Crippen molar-refractivity contribution >= 4 is 21.9 Å². The van der Waals surface area contributed by atoms with Crippen molar-refractivity contribution in [3.8, 4) is 5.88 Å². The lowest BCUT2D eigenvalue weighted by atomic mass is 9.95. The van der Waals surface area contributed by atoms with Gasteiger partial charge in [-0.05, 0) is 31.2 Å². The normalized spacial score (nSPS) is 17.2. The third-order valence-corrected chi connectivity index (χ3v) is 3.92. The average Bonchev–Trinajstić information content (AvgIpc) is 2.34. The van der Waals surface area contributed by atoms with Gasteiger partial charge in [0.2, 0.25) is 5.88 Å². The highest BCUT2D eigenvalue weighted by atomic mass is 32.2. The molecule has 0 aromatic carbocycles. The van der Waals surface area contributed by atoms with Crippen molar-refractivity contribution in [1.29, 1.82) is 0 Å². The fourth-order valence-electron chi connectivity index (χ4n) is 1.84. The molecular formula is C12H12F3NO2S. The van der Waals surface area contributed by atoms with Crippen LogP contribution >= 0.6 is 10.8 Å². The molecule has 3 nitrogen and oxygen atoms in total. The van der Waals surface area contributed by atoms with Gasteiger partial charge < -0.3 is 4.18 Å². The van der Waals surface area contributed by atoms with Gasteiger partial charge in [0.25, 0.3) is 0 Å². The van der Waals surface area contributed by atoms with E-state index in [0.29, 0.717) is 30.5 Å². The van der Waals surface area contributed by atoms with Gasteiger partial charge in [-0.15, -0.1) is 0 Å². The predicted molar refractivity (Wildman–Crippen MR) is 67.5 cm³/mol. The predicted octanol–water partition coefficient (Wildman–Crippen LogP) is 3.51. The molecule has 19 heavy (non-hydrogen) atoms. The summed E-state index contributed by atoms with van der Waals surface area (Å²) in [6.07, 6.45) is 1.73. The third-order valence-electron chi connectivity index (χ3n) is 2.68. The maximum atomic E-state index is 12.6. The molecular weight excluding hydrogens is 279 g/mol. The molecule has 0 saturated carbocycles. The largest absolute Gasteiger partial charge is 0.470 e. The van der Waals surface area contributed by atoms with Crippen LogP contribution in [0.3, 0.4) is 0 Å². The number of ketones is 1. The monoisotopic (exact) mass is 291 g/mol. The Balaban J connectivity index is 2.26. The second-order valence-corrected chi connectivity index (χ2v) is 5.68. The molecule has 0 bridgehead atoms. The first-order chi connectivity index (χ1) is 8.91. The van der Waals surface area contributed by atoms with E-state index in [1.165, 1.54) is 19.1 Å². The van der Waals surface area contributed by atoms with E-state index >= 15 is 0 Å². The number of pyridine rings is 1. The highest BCUT2D eigenvalue weighted by molar-refractivity contribution is 8.11. The molecule has 0 fully saturated rings. The Kier molecular flexibility index (Phi) is 3.93. The van der Waals surface area contributed by atoms with Crippen LogP contribution in [0.15, 0.2) is 12.1 Å². The van der Waals surface area contributed by atoms with Gasteiger partial charge in [-0.2, -0.15) is 13.2 Å². The number of fused-ring (bicyclic) bond motifs is 1. The molecule has 1 heterocycles. The molecule has 2 rings (SSSR count). The molecule has 1 aliphatic carbocycles. The van der Waals surface area contributed by atoms with Crippen LogP contribution in [0, 0.1) is 0 Å². The van der Waals surface area contributed by atoms with E-state index in [-0.39, 0.29) is 11.7 Å². The number of carbonyl (C=O) groups excluding carboxylic acids is 1. The van der Waals surface area contributed by atoms with Crippen LogP contribution in [0.1, 0.15) is 35.8 Å². The lowest BCUT2D eigenvalue weighted by Gasteiger charge is -2.16. The van der Waals surface area contributed by atoms with Gasteiger partial charge in [0.05, 0.1) is 16.5 Å². The average molecular weight is 291 g/mol. The minimum atomic E-state index is -4.44. The number of nitrogens with zero attached hydrogens (tertiary/aromatic N) is 1. The summed E-state index contributed by atoms with van der Waals surface area (Å²) >= 11 is 0. The van der Waals surface area contributed by atoms with Gasteiger partial charge in [-0.1, -0.05) is 0 Å². The minimum absolute atomic E-state index is 0.0165. The molecule has 0 N–H and O–H groups in total. The van der Waals surface area contributed by atoms with Gasteiger partial charge in [-0.3, -0.25) is 4.79 Å². The van der Waals surface area contributed by atoms with Crippen LogP contribution < -0.4 is 4.18 Å². The smallest absolute Gasteiger partial charge is 0.406 e. The highest BCUT2D eigenvalue weighted by Crippen LogP contribution is 2.38. The van der Waals surface area contributed by atoms with E-state index in [4.69, 9.17) is 4.18 Å². The first-order valence-corrected chi connectivity index (χ1v) is 6.94. The molecule has 0 spiro atoms. The summed E-state index contributed by atoms with van der Waals surface area (Å²) in [4.78, 5) is 15.6. The van der Waals surface area contributed by atoms with Gasteiger partial charge in [-0.25, -0.2) is 4.98 Å². The number of aromatic nitrogens is 1. The second-order valence-electron chi connectivity index (χ2n) is 3.98. The number of hydrogen-bond acceptors (Lipinski definition) is 3. The quantitative estimate of drug-likeness (QED) is 0.783. The zero-order valence-corrected chi connectivity index (χ0v) is 11.0. The fourth-order valence-corrected chi connectivity index (χ4v) is 2.58. The highest BCUT2D eigenvalue weighted by Gasteiger charge is 2.35. The Morgan fingerprint density at radius 1 is 1.37 bits per heavy atom. The summed E-state index contributed by atoms with van der Waals surface area (Å²) < 4.78 is 42.6. The molecule has 104 valence electrons. The first-order valence-electron chi connectivity index (χ1n) is 5.72. The maximum Gasteiger partial charge on any atom is 0.470 e. The number of aryl methyl sites for hydroxylation is 1. The van der Waals surface area contributed by atoms with Crippen LogP contribution in [0.4, 0.5) is 13.2 Å². The number of alkyl halides is 3. The number of hydrogen-bond donors (Lipinski definition) is 0. The van der Waals surface area contributed by atoms with Crippen LogP contribution in [0.2, 0.25) is 0 Å². The standard InChI is InChI=1S/C12H12F3NO2S/c1-2-19(12(13,14)15)18-11-7-6-8-9(16-11)4-3-5-10(8)17/h2,6-7H,3-5H2,1H3. The molecule has 0 radical (unpaired) electrons. The SMILES string of the molecule is C/C=S(\Oc1ccc2c(n1)CCCC2=O)C(F)(F)F. The summed E-state index contributed by atoms with van der Waals surface area (Å²) in [5.41, 5.74) is -3.43. The lowest BCUT2D eigenvalue weighted by molar-refractivity contribution is -0.0378. The Bertz CT molecular complexity index is 540. The second kappa shape index (κ2) is 5.32. The number of halogens is 3. The molecule has 1 aromatic heterocycles. The molecule has 0 aliphatic heterocycles. The maximum absolute atomic E-state index is 12.6. The van der Waals surface area contributed by atoms with E-state index in [9.17, 15) is 18.0 Å². The lowest BCUT2D eigenvalue weighted by Crippen LogP contribution is -2.14. The van der Waals surface area contributed by atoms with Crippen molar-refractivity contribution in [3.63, 3.8) is 0 Å². The number of Topliss-reactive ketones (excluding diaryl/α,β-unsaturated/α-hetero) is 1. The van der Waals surface area contributed by atoms with Crippen molar-refractivity contribution in [1.82, 2.24) is 4.98 Å². The molecule has 7 heteroatoms. The Hall–Kier alpha value is -1.37. The van der Waals surface area contributed by atoms with E-state index < -0.39 is 16.3 Å². The van der Waals surface area contributed by atoms with Crippen molar-refractivity contribution in [2.45, 2.75) is 31.7 Å². The molecule has 1 atom stereocenters. The summed E-state index contributed by atoms with van der Waals surface area (Å²) in [6.45, 7) is 1.29. The van der Waals surface area contributed by atoms with Gasteiger partial charge in [0, 0.05) is 18.1 Å². The summed E-state index contributed by atoms with van der Waals surface area (Å²) in [5.74, 6) is -0.107. The Morgan fingerprint density at radius 3 is 2.74 bits per heavy atom. The van der Waals surface area contributed by atoms with E-state index in [0.717, 1.165) is 5.37 Å². The Labute approximate surface area is 110 Å². The van der Waals surface area contributed by atoms with Crippen molar-refractivity contribution in [3.05, 3.63) is 23.4 Å². The Morgan fingerprint density at radius 2 is 2.11 bits per heavy atom. The zero-order chi connectivity index (χ0) is 14.0. The topological polar surface area (TPSA) is 39.2 Å². The molecule has 1 aliphatic rings. The molecule has 1 unspecified atom stereocenters. The zero-order valence-electron chi connectivity index (χ0n) is 10.2. The summed E-state index contributed by atoms with van der Waals surface area (Å²) in [5, 5.41) is 0.951. The van der Waals surface area contributed by atoms with Crippen LogP contribution in [0.5, 0.6) is 5.88 Å². The van der Waals surface area contributed by atoms with Crippen LogP contribution in [-0.2, 0) is 6.42 Å². The first kappa shape index (κ1) is 14.0. The van der Waals surface area contributed by atoms with Gasteiger partial charge in [0.1, 0.15) is 0 Å². The van der Waals surface area contributed by atoms with Crippen LogP contribution in [0.25, 0.3) is 0 Å². The fraction of sp³-hybridized carbons (Fsp3) is 0.417. The number of carbonyl (C=O) groups is 1. The van der Waals surface area contributed by atoms with Gasteiger partial charge >= 0.3 is 5.51 Å². The molecule has 0 amide bonds. The van der Waals surface area contributed by atoms with E-state index in [1.54, 1.807) is 0 Å². The van der Waals surface area contributed by atoms with Gasteiger partial charge in [0.15, 0.2) is 5.78 Å². The van der Waals surface area contributed by atoms with Crippen molar-refractivity contribution < 1.29 is 22.1 Å². The summed E-state index contributed by atoms with van der Waals surface area (Å²) in [6, 6.07) is 2.81. The van der Waals surface area contributed by atoms with Crippen LogP contribution in [-0.4, -0.2) is 21.6 Å². The number of rotatable bonds is 2.